The van der Waals surface area contributed by atoms with Gasteiger partial charge >= 0.3 is 0 Å². The Balaban J connectivity index is 2.07. The fourth-order valence-electron chi connectivity index (χ4n) is 2.99. The van der Waals surface area contributed by atoms with Crippen LogP contribution in [-0.4, -0.2) is 38.2 Å². The fourth-order valence-corrected chi connectivity index (χ4v) is 4.66. The van der Waals surface area contributed by atoms with Crippen LogP contribution in [0.15, 0.2) is 0 Å². The van der Waals surface area contributed by atoms with Gasteiger partial charge in [-0.2, -0.15) is 0 Å². The molecule has 4 nitrogen and oxygen atoms in total. The molecule has 2 N–H and O–H groups in total. The Kier molecular flexibility index (Phi) is 3.56. The molecule has 1 atom stereocenters. The summed E-state index contributed by atoms with van der Waals surface area (Å²) in [7, 11) is -3.00. The number of rotatable bonds is 3. The molecule has 5 heteroatoms. The molecule has 16 heavy (non-hydrogen) atoms. The van der Waals surface area contributed by atoms with Gasteiger partial charge in [0.15, 0.2) is 9.84 Å². The molecular weight excluding hydrogens is 226 g/mol. The maximum atomic E-state index is 12.0. The van der Waals surface area contributed by atoms with Gasteiger partial charge in [-0.3, -0.25) is 0 Å². The minimum absolute atomic E-state index is 0.119. The van der Waals surface area contributed by atoms with Crippen LogP contribution in [0.3, 0.4) is 0 Å². The van der Waals surface area contributed by atoms with Crippen LogP contribution in [0.5, 0.6) is 0 Å². The third-order valence-electron chi connectivity index (χ3n) is 3.87. The van der Waals surface area contributed by atoms with Crippen LogP contribution in [0.4, 0.5) is 0 Å². The molecule has 0 aromatic heterocycles. The lowest BCUT2D eigenvalue weighted by atomic mass is 9.92. The first-order chi connectivity index (χ1) is 7.58. The normalized spacial score (nSPS) is 29.7. The van der Waals surface area contributed by atoms with Crippen molar-refractivity contribution < 1.29 is 13.2 Å². The third kappa shape index (κ3) is 2.41. The number of nitrogens with two attached hydrogens (primary N) is 1. The third-order valence-corrected chi connectivity index (χ3v) is 6.10. The van der Waals surface area contributed by atoms with E-state index < -0.39 is 9.84 Å². The summed E-state index contributed by atoms with van der Waals surface area (Å²) in [5.74, 6) is 0.119. The van der Waals surface area contributed by atoms with E-state index in [0.29, 0.717) is 19.4 Å². The Hall–Kier alpha value is -0.130. The van der Waals surface area contributed by atoms with E-state index in [1.54, 1.807) is 0 Å². The summed E-state index contributed by atoms with van der Waals surface area (Å²) in [5.41, 5.74) is 5.24. The number of hydrogen-bond acceptors (Lipinski definition) is 4. The Morgan fingerprint density at radius 2 is 2.00 bits per heavy atom. The molecule has 1 saturated carbocycles. The van der Waals surface area contributed by atoms with Gasteiger partial charge in [0.05, 0.1) is 16.6 Å². The van der Waals surface area contributed by atoms with Crippen LogP contribution in [-0.2, 0) is 14.6 Å². The summed E-state index contributed by atoms with van der Waals surface area (Å²) in [6, 6.07) is 0. The molecular formula is C11H21NO3S. The zero-order valence-corrected chi connectivity index (χ0v) is 10.5. The van der Waals surface area contributed by atoms with Gasteiger partial charge in [-0.15, -0.1) is 0 Å². The quantitative estimate of drug-likeness (QED) is 0.803. The molecule has 0 bridgehead atoms. The molecule has 0 aromatic rings. The van der Waals surface area contributed by atoms with Crippen molar-refractivity contribution in [2.24, 2.45) is 5.73 Å². The molecule has 94 valence electrons. The van der Waals surface area contributed by atoms with Crippen molar-refractivity contribution in [3.8, 4) is 0 Å². The molecule has 2 aliphatic rings. The van der Waals surface area contributed by atoms with Crippen LogP contribution in [0.1, 0.15) is 38.5 Å². The fraction of sp³-hybridized carbons (Fsp3) is 1.00. The molecule has 0 aromatic carbocycles. The predicted molar refractivity (Wildman–Crippen MR) is 63.0 cm³/mol. The van der Waals surface area contributed by atoms with Gasteiger partial charge in [-0.25, -0.2) is 8.42 Å². The zero-order valence-electron chi connectivity index (χ0n) is 9.65. The molecule has 1 spiro atoms. The average Bonchev–Trinajstić information content (AvgIpc) is 2.66. The molecule has 1 saturated heterocycles. The van der Waals surface area contributed by atoms with Crippen LogP contribution in [0.25, 0.3) is 0 Å². The van der Waals surface area contributed by atoms with E-state index in [9.17, 15) is 8.42 Å². The van der Waals surface area contributed by atoms with Crippen molar-refractivity contribution >= 4 is 9.84 Å². The molecule has 1 aliphatic heterocycles. The first-order valence-electron chi connectivity index (χ1n) is 6.14. The Morgan fingerprint density at radius 1 is 1.31 bits per heavy atom. The summed E-state index contributed by atoms with van der Waals surface area (Å²) in [4.78, 5) is 0. The van der Waals surface area contributed by atoms with Crippen molar-refractivity contribution in [1.29, 1.82) is 0 Å². The highest BCUT2D eigenvalue weighted by molar-refractivity contribution is 7.92. The van der Waals surface area contributed by atoms with E-state index in [4.69, 9.17) is 10.5 Å². The van der Waals surface area contributed by atoms with E-state index in [-0.39, 0.29) is 23.1 Å². The second-order valence-corrected chi connectivity index (χ2v) is 7.41. The van der Waals surface area contributed by atoms with Gasteiger partial charge < -0.3 is 10.5 Å². The van der Waals surface area contributed by atoms with E-state index in [0.717, 1.165) is 12.8 Å². The standard InChI is InChI=1S/C11H21NO3S/c12-6-8-16(13,14)10-3-7-15-11(9-10)4-1-2-5-11/h10H,1-9,12H2. The molecule has 1 unspecified atom stereocenters. The van der Waals surface area contributed by atoms with E-state index in [1.165, 1.54) is 12.8 Å². The lowest BCUT2D eigenvalue weighted by molar-refractivity contribution is -0.0713. The number of hydrogen-bond donors (Lipinski definition) is 1. The van der Waals surface area contributed by atoms with Gasteiger partial charge in [0, 0.05) is 13.2 Å². The average molecular weight is 247 g/mol. The van der Waals surface area contributed by atoms with Gasteiger partial charge in [-0.05, 0) is 25.7 Å². The maximum absolute atomic E-state index is 12.0. The summed E-state index contributed by atoms with van der Waals surface area (Å²) in [5, 5.41) is -0.220. The molecule has 0 amide bonds. The Morgan fingerprint density at radius 3 is 2.62 bits per heavy atom. The van der Waals surface area contributed by atoms with E-state index in [2.05, 4.69) is 0 Å². The van der Waals surface area contributed by atoms with Gasteiger partial charge in [0.25, 0.3) is 0 Å². The second-order valence-electron chi connectivity index (χ2n) is 5.01. The topological polar surface area (TPSA) is 69.4 Å². The molecule has 1 heterocycles. The summed E-state index contributed by atoms with van der Waals surface area (Å²) >= 11 is 0. The Labute approximate surface area is 97.5 Å². The monoisotopic (exact) mass is 247 g/mol. The summed E-state index contributed by atoms with van der Waals surface area (Å²) < 4.78 is 29.8. The Bertz CT molecular complexity index is 333. The molecule has 2 fully saturated rings. The van der Waals surface area contributed by atoms with Gasteiger partial charge in [0.1, 0.15) is 0 Å². The largest absolute Gasteiger partial charge is 0.375 e. The van der Waals surface area contributed by atoms with Crippen molar-refractivity contribution in [2.45, 2.75) is 49.4 Å². The first kappa shape index (κ1) is 12.3. The molecule has 2 rings (SSSR count). The van der Waals surface area contributed by atoms with Crippen LogP contribution in [0, 0.1) is 0 Å². The lowest BCUT2D eigenvalue weighted by Crippen LogP contribution is -2.43. The van der Waals surface area contributed by atoms with Gasteiger partial charge in [-0.1, -0.05) is 12.8 Å². The van der Waals surface area contributed by atoms with Crippen molar-refractivity contribution in [1.82, 2.24) is 0 Å². The highest BCUT2D eigenvalue weighted by Gasteiger charge is 2.43. The number of sulfone groups is 1. The highest BCUT2D eigenvalue weighted by atomic mass is 32.2. The van der Waals surface area contributed by atoms with Crippen LogP contribution >= 0.6 is 0 Å². The van der Waals surface area contributed by atoms with Crippen molar-refractivity contribution in [2.75, 3.05) is 18.9 Å². The van der Waals surface area contributed by atoms with Crippen LogP contribution < -0.4 is 5.73 Å². The first-order valence-corrected chi connectivity index (χ1v) is 7.85. The predicted octanol–water partition coefficient (Wildman–Crippen LogP) is 0.852. The van der Waals surface area contributed by atoms with Gasteiger partial charge in [0.2, 0.25) is 0 Å². The van der Waals surface area contributed by atoms with E-state index in [1.807, 2.05) is 0 Å². The smallest absolute Gasteiger partial charge is 0.154 e. The van der Waals surface area contributed by atoms with Crippen LogP contribution in [0.2, 0.25) is 0 Å². The molecule has 1 aliphatic carbocycles. The minimum Gasteiger partial charge on any atom is -0.375 e. The second kappa shape index (κ2) is 4.63. The summed E-state index contributed by atoms with van der Waals surface area (Å²) in [6.45, 7) is 0.821. The number of ether oxygens (including phenoxy) is 1. The highest BCUT2D eigenvalue weighted by Crippen LogP contribution is 2.41. The summed E-state index contributed by atoms with van der Waals surface area (Å²) in [6.07, 6.45) is 5.73. The maximum Gasteiger partial charge on any atom is 0.154 e. The molecule has 0 radical (unpaired) electrons. The zero-order chi connectivity index (χ0) is 11.6. The SMILES string of the molecule is NCCS(=O)(=O)C1CCOC2(CCCC2)C1. The van der Waals surface area contributed by atoms with Crippen molar-refractivity contribution in [3.05, 3.63) is 0 Å². The van der Waals surface area contributed by atoms with Crippen molar-refractivity contribution in [3.63, 3.8) is 0 Å². The minimum atomic E-state index is -3.00. The lowest BCUT2D eigenvalue weighted by Gasteiger charge is -2.37. The van der Waals surface area contributed by atoms with E-state index >= 15 is 0 Å².